The number of hydrogen-bond acceptors (Lipinski definition) is 3. The second-order valence-electron chi connectivity index (χ2n) is 5.48. The molecule has 0 saturated heterocycles. The number of benzene rings is 3. The van der Waals surface area contributed by atoms with Gasteiger partial charge < -0.3 is 10.5 Å². The topological polar surface area (TPSA) is 52.3 Å². The van der Waals surface area contributed by atoms with Gasteiger partial charge in [-0.25, -0.2) is 0 Å². The summed E-state index contributed by atoms with van der Waals surface area (Å²) in [5.41, 5.74) is 7.10. The third-order valence-corrected chi connectivity index (χ3v) is 3.89. The van der Waals surface area contributed by atoms with E-state index in [-0.39, 0.29) is 5.78 Å². The van der Waals surface area contributed by atoms with Gasteiger partial charge in [-0.05, 0) is 35.4 Å². The lowest BCUT2D eigenvalue weighted by molar-refractivity contribution is 0.0788. The maximum atomic E-state index is 12.8. The molecule has 23 heavy (non-hydrogen) atoms. The highest BCUT2D eigenvalue weighted by molar-refractivity contribution is 6.02. The van der Waals surface area contributed by atoms with Crippen LogP contribution < -0.4 is 10.5 Å². The van der Waals surface area contributed by atoms with Crippen molar-refractivity contribution in [3.05, 3.63) is 72.3 Å². The summed E-state index contributed by atoms with van der Waals surface area (Å²) < 4.78 is 5.85. The molecule has 3 heteroatoms. The number of carbonyl (C=O) groups is 1. The number of ketones is 1. The van der Waals surface area contributed by atoms with Crippen LogP contribution in [0.3, 0.4) is 0 Å². The molecule has 0 spiro atoms. The smallest absolute Gasteiger partial charge is 0.203 e. The highest BCUT2D eigenvalue weighted by Gasteiger charge is 2.21. The highest BCUT2D eigenvalue weighted by atomic mass is 16.5. The van der Waals surface area contributed by atoms with E-state index in [1.807, 2.05) is 61.5 Å². The molecule has 3 aromatic rings. The van der Waals surface area contributed by atoms with Crippen molar-refractivity contribution in [3.8, 4) is 5.75 Å². The third-order valence-electron chi connectivity index (χ3n) is 3.89. The van der Waals surface area contributed by atoms with Crippen molar-refractivity contribution in [2.45, 2.75) is 19.4 Å². The number of Topliss-reactive ketones (excluding diaryl/α,β-unsaturated/α-hetero) is 1. The monoisotopic (exact) mass is 305 g/mol. The Hall–Kier alpha value is -2.81. The number of fused-ring (bicyclic) bond motifs is 1. The SMILES string of the molecule is CCC(Oc1ccccc1N)C(=O)c1ccc2ccccc2c1. The van der Waals surface area contributed by atoms with Crippen LogP contribution in [0.15, 0.2) is 66.7 Å². The van der Waals surface area contributed by atoms with Gasteiger partial charge in [0.2, 0.25) is 5.78 Å². The second kappa shape index (κ2) is 6.53. The molecule has 3 aromatic carbocycles. The van der Waals surface area contributed by atoms with Gasteiger partial charge in [0.05, 0.1) is 5.69 Å². The van der Waals surface area contributed by atoms with Crippen LogP contribution in [-0.2, 0) is 0 Å². The fourth-order valence-electron chi connectivity index (χ4n) is 2.59. The maximum absolute atomic E-state index is 12.8. The van der Waals surface area contributed by atoms with Crippen LogP contribution in [-0.4, -0.2) is 11.9 Å². The quantitative estimate of drug-likeness (QED) is 0.559. The lowest BCUT2D eigenvalue weighted by Gasteiger charge is -2.18. The van der Waals surface area contributed by atoms with E-state index in [1.165, 1.54) is 0 Å². The summed E-state index contributed by atoms with van der Waals surface area (Å²) in [6.07, 6.45) is 0.0425. The second-order valence-corrected chi connectivity index (χ2v) is 5.48. The maximum Gasteiger partial charge on any atom is 0.203 e. The van der Waals surface area contributed by atoms with Crippen LogP contribution in [0.2, 0.25) is 0 Å². The predicted molar refractivity (Wildman–Crippen MR) is 93.8 cm³/mol. The molecule has 0 aromatic heterocycles. The average molecular weight is 305 g/mol. The minimum atomic E-state index is -0.541. The number of nitrogen functional groups attached to an aromatic ring is 1. The molecule has 1 unspecified atom stereocenters. The molecular weight excluding hydrogens is 286 g/mol. The Labute approximate surface area is 135 Å². The molecule has 1 atom stereocenters. The van der Waals surface area contributed by atoms with Crippen LogP contribution in [0.1, 0.15) is 23.7 Å². The normalized spacial score (nSPS) is 12.0. The zero-order valence-corrected chi connectivity index (χ0v) is 13.0. The Bertz CT molecular complexity index is 842. The van der Waals surface area contributed by atoms with Crippen molar-refractivity contribution in [3.63, 3.8) is 0 Å². The number of anilines is 1. The van der Waals surface area contributed by atoms with Gasteiger partial charge in [-0.3, -0.25) is 4.79 Å². The van der Waals surface area contributed by atoms with Gasteiger partial charge in [0.15, 0.2) is 6.10 Å². The largest absolute Gasteiger partial charge is 0.480 e. The van der Waals surface area contributed by atoms with Crippen molar-refractivity contribution in [1.82, 2.24) is 0 Å². The predicted octanol–water partition coefficient (Wildman–Crippen LogP) is 4.46. The Balaban J connectivity index is 1.88. The number of para-hydroxylation sites is 2. The summed E-state index contributed by atoms with van der Waals surface area (Å²) in [6, 6.07) is 21.0. The fourth-order valence-corrected chi connectivity index (χ4v) is 2.59. The fraction of sp³-hybridized carbons (Fsp3) is 0.150. The average Bonchev–Trinajstić information content (AvgIpc) is 2.60. The number of hydrogen-bond donors (Lipinski definition) is 1. The van der Waals surface area contributed by atoms with Crippen LogP contribution in [0.4, 0.5) is 5.69 Å². The van der Waals surface area contributed by atoms with E-state index in [9.17, 15) is 4.79 Å². The highest BCUT2D eigenvalue weighted by Crippen LogP contribution is 2.24. The van der Waals surface area contributed by atoms with E-state index in [0.29, 0.717) is 23.4 Å². The first kappa shape index (κ1) is 15.1. The molecule has 2 N–H and O–H groups in total. The van der Waals surface area contributed by atoms with Gasteiger partial charge in [-0.15, -0.1) is 0 Å². The Kier molecular flexibility index (Phi) is 4.29. The molecule has 0 aliphatic carbocycles. The van der Waals surface area contributed by atoms with Crippen molar-refractivity contribution in [2.75, 3.05) is 5.73 Å². The number of ether oxygens (including phenoxy) is 1. The zero-order valence-electron chi connectivity index (χ0n) is 13.0. The van der Waals surface area contributed by atoms with Crippen LogP contribution in [0.25, 0.3) is 10.8 Å². The van der Waals surface area contributed by atoms with Crippen molar-refractivity contribution in [1.29, 1.82) is 0 Å². The van der Waals surface area contributed by atoms with E-state index >= 15 is 0 Å². The third kappa shape index (κ3) is 3.19. The molecule has 0 amide bonds. The molecule has 0 bridgehead atoms. The van der Waals surface area contributed by atoms with Crippen LogP contribution in [0, 0.1) is 0 Å². The van der Waals surface area contributed by atoms with Gasteiger partial charge in [0.1, 0.15) is 5.75 Å². The van der Waals surface area contributed by atoms with Crippen molar-refractivity contribution >= 4 is 22.2 Å². The summed E-state index contributed by atoms with van der Waals surface area (Å²) in [5, 5.41) is 2.16. The molecule has 3 nitrogen and oxygen atoms in total. The number of carbonyl (C=O) groups excluding carboxylic acids is 1. The molecule has 0 aliphatic heterocycles. The number of rotatable bonds is 5. The lowest BCUT2D eigenvalue weighted by atomic mass is 10.0. The molecule has 0 heterocycles. The van der Waals surface area contributed by atoms with E-state index < -0.39 is 6.10 Å². The Morgan fingerprint density at radius 1 is 1.00 bits per heavy atom. The zero-order chi connectivity index (χ0) is 16.2. The molecular formula is C20H19NO2. The Morgan fingerprint density at radius 3 is 2.43 bits per heavy atom. The number of nitrogens with two attached hydrogens (primary N) is 1. The standard InChI is InChI=1S/C20H19NO2/c1-2-18(23-19-10-6-5-9-17(19)21)20(22)16-12-11-14-7-3-4-8-15(14)13-16/h3-13,18H,2,21H2,1H3. The minimum Gasteiger partial charge on any atom is -0.480 e. The van der Waals surface area contributed by atoms with E-state index in [2.05, 4.69) is 0 Å². The molecule has 0 fully saturated rings. The summed E-state index contributed by atoms with van der Waals surface area (Å²) >= 11 is 0. The van der Waals surface area contributed by atoms with Gasteiger partial charge in [-0.1, -0.05) is 55.5 Å². The molecule has 0 aliphatic rings. The minimum absolute atomic E-state index is 0.0264. The molecule has 3 rings (SSSR count). The lowest BCUT2D eigenvalue weighted by Crippen LogP contribution is -2.27. The van der Waals surface area contributed by atoms with Crippen LogP contribution >= 0.6 is 0 Å². The van der Waals surface area contributed by atoms with Crippen molar-refractivity contribution < 1.29 is 9.53 Å². The van der Waals surface area contributed by atoms with Crippen LogP contribution in [0.5, 0.6) is 5.75 Å². The van der Waals surface area contributed by atoms with E-state index in [1.54, 1.807) is 12.1 Å². The first-order valence-corrected chi connectivity index (χ1v) is 7.73. The first-order chi connectivity index (χ1) is 11.2. The Morgan fingerprint density at radius 2 is 1.70 bits per heavy atom. The first-order valence-electron chi connectivity index (χ1n) is 7.73. The summed E-state index contributed by atoms with van der Waals surface area (Å²) in [7, 11) is 0. The summed E-state index contributed by atoms with van der Waals surface area (Å²) in [6.45, 7) is 1.93. The summed E-state index contributed by atoms with van der Waals surface area (Å²) in [5.74, 6) is 0.523. The van der Waals surface area contributed by atoms with Gasteiger partial charge in [0.25, 0.3) is 0 Å². The van der Waals surface area contributed by atoms with E-state index in [0.717, 1.165) is 10.8 Å². The van der Waals surface area contributed by atoms with Gasteiger partial charge in [0, 0.05) is 5.56 Å². The molecule has 0 saturated carbocycles. The van der Waals surface area contributed by atoms with Gasteiger partial charge >= 0.3 is 0 Å². The van der Waals surface area contributed by atoms with E-state index in [4.69, 9.17) is 10.5 Å². The summed E-state index contributed by atoms with van der Waals surface area (Å²) in [4.78, 5) is 12.8. The van der Waals surface area contributed by atoms with Gasteiger partial charge in [-0.2, -0.15) is 0 Å². The molecule has 116 valence electrons. The molecule has 0 radical (unpaired) electrons. The van der Waals surface area contributed by atoms with Crippen molar-refractivity contribution in [2.24, 2.45) is 0 Å².